The van der Waals surface area contributed by atoms with Gasteiger partial charge in [0.05, 0.1) is 23.6 Å². The van der Waals surface area contributed by atoms with E-state index in [1.54, 1.807) is 24.3 Å². The van der Waals surface area contributed by atoms with E-state index >= 15 is 0 Å². The summed E-state index contributed by atoms with van der Waals surface area (Å²) in [6, 6.07) is 10.7. The van der Waals surface area contributed by atoms with Crippen LogP contribution < -0.4 is 5.32 Å². The maximum absolute atomic E-state index is 13.3. The van der Waals surface area contributed by atoms with Crippen molar-refractivity contribution in [3.05, 3.63) is 63.9 Å². The summed E-state index contributed by atoms with van der Waals surface area (Å²) in [5.41, 5.74) is 0.557. The average Bonchev–Trinajstić information content (AvgIpc) is 2.72. The molecule has 160 valence electrons. The first-order chi connectivity index (χ1) is 14.3. The smallest absolute Gasteiger partial charge is 0.252 e. The first kappa shape index (κ1) is 21.4. The van der Waals surface area contributed by atoms with Gasteiger partial charge in [-0.1, -0.05) is 12.1 Å². The molecule has 9 heteroatoms. The van der Waals surface area contributed by atoms with Crippen LogP contribution in [-0.4, -0.2) is 44.9 Å². The van der Waals surface area contributed by atoms with Gasteiger partial charge in [-0.2, -0.15) is 4.31 Å². The van der Waals surface area contributed by atoms with Crippen LogP contribution in [0.4, 0.5) is 4.39 Å². The van der Waals surface area contributed by atoms with E-state index in [2.05, 4.69) is 21.2 Å². The number of nitrogens with one attached hydrogen (secondary N) is 1. The number of halogens is 2. The molecular formula is C21H22BrFN2O4S. The highest BCUT2D eigenvalue weighted by Gasteiger charge is 2.40. The summed E-state index contributed by atoms with van der Waals surface area (Å²) in [5.74, 6) is -0.685. The number of hydrogen-bond acceptors (Lipinski definition) is 4. The number of benzene rings is 2. The Kier molecular flexibility index (Phi) is 5.98. The minimum absolute atomic E-state index is 0.0569. The van der Waals surface area contributed by atoms with Crippen molar-refractivity contribution in [3.63, 3.8) is 0 Å². The van der Waals surface area contributed by atoms with E-state index < -0.39 is 15.6 Å². The third-order valence-electron chi connectivity index (χ3n) is 5.74. The number of carbonyl (C=O) groups excluding carboxylic acids is 1. The maximum Gasteiger partial charge on any atom is 0.252 e. The van der Waals surface area contributed by atoms with Gasteiger partial charge in [-0.3, -0.25) is 4.79 Å². The highest BCUT2D eigenvalue weighted by molar-refractivity contribution is 9.10. The molecule has 2 aromatic carbocycles. The Morgan fingerprint density at radius 2 is 1.77 bits per heavy atom. The molecule has 1 amide bonds. The van der Waals surface area contributed by atoms with Crippen molar-refractivity contribution in [3.8, 4) is 0 Å². The summed E-state index contributed by atoms with van der Waals surface area (Å²) < 4.78 is 46.4. The molecular weight excluding hydrogens is 475 g/mol. The third kappa shape index (κ3) is 4.03. The zero-order valence-electron chi connectivity index (χ0n) is 16.2. The molecule has 4 rings (SSSR count). The molecule has 1 saturated heterocycles. The molecule has 0 unspecified atom stereocenters. The van der Waals surface area contributed by atoms with Crippen LogP contribution in [0.2, 0.25) is 0 Å². The maximum atomic E-state index is 13.3. The lowest BCUT2D eigenvalue weighted by Gasteiger charge is -2.43. The van der Waals surface area contributed by atoms with Gasteiger partial charge in [0.15, 0.2) is 0 Å². The summed E-state index contributed by atoms with van der Waals surface area (Å²) in [6.07, 6.45) is 2.45. The minimum Gasteiger partial charge on any atom is -0.379 e. The van der Waals surface area contributed by atoms with Crippen LogP contribution in [-0.2, 0) is 20.3 Å². The standard InChI is InChI=1S/C21H22BrFN2O4S/c22-18-7-2-15(14-19(18)30(27,28)25-10-12-29-13-11-25)20(26)24-21(8-1-9-21)16-3-5-17(23)6-4-16/h2-7,14H,1,8-13H2,(H,24,26). The Bertz CT molecular complexity index is 1050. The zero-order valence-corrected chi connectivity index (χ0v) is 18.6. The van der Waals surface area contributed by atoms with Gasteiger partial charge in [0.25, 0.3) is 5.91 Å². The lowest BCUT2D eigenvalue weighted by Crippen LogP contribution is -2.50. The average molecular weight is 497 g/mol. The predicted molar refractivity (Wildman–Crippen MR) is 113 cm³/mol. The van der Waals surface area contributed by atoms with Gasteiger partial charge in [0.2, 0.25) is 10.0 Å². The largest absolute Gasteiger partial charge is 0.379 e. The van der Waals surface area contributed by atoms with E-state index in [4.69, 9.17) is 4.74 Å². The molecule has 2 aromatic rings. The van der Waals surface area contributed by atoms with Gasteiger partial charge in [0, 0.05) is 23.1 Å². The summed E-state index contributed by atoms with van der Waals surface area (Å²) in [7, 11) is -3.76. The molecule has 1 N–H and O–H groups in total. The molecule has 0 spiro atoms. The van der Waals surface area contributed by atoms with Crippen molar-refractivity contribution < 1.29 is 22.3 Å². The van der Waals surface area contributed by atoms with Crippen LogP contribution in [0.3, 0.4) is 0 Å². The van der Waals surface area contributed by atoms with E-state index in [0.717, 1.165) is 24.8 Å². The molecule has 1 heterocycles. The second kappa shape index (κ2) is 8.37. The Balaban J connectivity index is 1.60. The Morgan fingerprint density at radius 1 is 1.10 bits per heavy atom. The molecule has 1 saturated carbocycles. The Hall–Kier alpha value is -1.81. The number of sulfonamides is 1. The highest BCUT2D eigenvalue weighted by atomic mass is 79.9. The third-order valence-corrected chi connectivity index (χ3v) is 8.63. The number of amides is 1. The summed E-state index contributed by atoms with van der Waals surface area (Å²) in [6.45, 7) is 1.24. The van der Waals surface area contributed by atoms with Crippen molar-refractivity contribution in [1.29, 1.82) is 0 Å². The molecule has 0 aromatic heterocycles. The van der Waals surface area contributed by atoms with Crippen LogP contribution in [0.25, 0.3) is 0 Å². The minimum atomic E-state index is -3.76. The molecule has 0 atom stereocenters. The predicted octanol–water partition coefficient (Wildman–Crippen LogP) is 3.42. The van der Waals surface area contributed by atoms with Gasteiger partial charge >= 0.3 is 0 Å². The number of carbonyl (C=O) groups is 1. The Labute approximate surface area is 183 Å². The lowest BCUT2D eigenvalue weighted by atomic mass is 9.71. The molecule has 1 aliphatic carbocycles. The molecule has 2 fully saturated rings. The fraction of sp³-hybridized carbons (Fsp3) is 0.381. The van der Waals surface area contributed by atoms with Crippen molar-refractivity contribution in [2.24, 2.45) is 0 Å². The van der Waals surface area contributed by atoms with E-state index in [1.807, 2.05) is 0 Å². The fourth-order valence-electron chi connectivity index (χ4n) is 3.84. The van der Waals surface area contributed by atoms with Gasteiger partial charge in [-0.15, -0.1) is 0 Å². The number of nitrogens with zero attached hydrogens (tertiary/aromatic N) is 1. The monoisotopic (exact) mass is 496 g/mol. The second-order valence-corrected chi connectivity index (χ2v) is 10.3. The van der Waals surface area contributed by atoms with Gasteiger partial charge in [-0.05, 0) is 71.1 Å². The topological polar surface area (TPSA) is 75.7 Å². The fourth-order valence-corrected chi connectivity index (χ4v) is 6.20. The van der Waals surface area contributed by atoms with Crippen molar-refractivity contribution in [2.75, 3.05) is 26.3 Å². The quantitative estimate of drug-likeness (QED) is 0.687. The SMILES string of the molecule is O=C(NC1(c2ccc(F)cc2)CCC1)c1ccc(Br)c(S(=O)(=O)N2CCOCC2)c1. The first-order valence-corrected chi connectivity index (χ1v) is 12.0. The van der Waals surface area contributed by atoms with Crippen LogP contribution in [0.5, 0.6) is 0 Å². The van der Waals surface area contributed by atoms with Crippen LogP contribution in [0.1, 0.15) is 35.2 Å². The first-order valence-electron chi connectivity index (χ1n) is 9.78. The summed E-state index contributed by atoms with van der Waals surface area (Å²) in [5, 5.41) is 3.05. The Morgan fingerprint density at radius 3 is 2.37 bits per heavy atom. The summed E-state index contributed by atoms with van der Waals surface area (Å²) >= 11 is 3.31. The van der Waals surface area contributed by atoms with Crippen molar-refractivity contribution in [1.82, 2.24) is 9.62 Å². The number of hydrogen-bond donors (Lipinski definition) is 1. The second-order valence-electron chi connectivity index (χ2n) is 7.56. The number of ether oxygens (including phenoxy) is 1. The molecule has 1 aliphatic heterocycles. The van der Waals surface area contributed by atoms with E-state index in [0.29, 0.717) is 17.7 Å². The van der Waals surface area contributed by atoms with E-state index in [-0.39, 0.29) is 35.3 Å². The zero-order chi connectivity index (χ0) is 21.4. The molecule has 0 radical (unpaired) electrons. The lowest BCUT2D eigenvalue weighted by molar-refractivity contribution is 0.0730. The van der Waals surface area contributed by atoms with Crippen LogP contribution >= 0.6 is 15.9 Å². The molecule has 0 bridgehead atoms. The van der Waals surface area contributed by atoms with Gasteiger partial charge < -0.3 is 10.1 Å². The number of rotatable bonds is 5. The van der Waals surface area contributed by atoms with E-state index in [1.165, 1.54) is 22.5 Å². The van der Waals surface area contributed by atoms with Crippen molar-refractivity contribution in [2.45, 2.75) is 29.7 Å². The highest BCUT2D eigenvalue weighted by Crippen LogP contribution is 2.41. The van der Waals surface area contributed by atoms with Gasteiger partial charge in [0.1, 0.15) is 5.82 Å². The molecule has 2 aliphatic rings. The van der Waals surface area contributed by atoms with Crippen LogP contribution in [0.15, 0.2) is 51.8 Å². The normalized spacial score (nSPS) is 19.1. The summed E-state index contributed by atoms with van der Waals surface area (Å²) in [4.78, 5) is 13.1. The molecule has 6 nitrogen and oxygen atoms in total. The van der Waals surface area contributed by atoms with Crippen molar-refractivity contribution >= 4 is 31.9 Å². The molecule has 30 heavy (non-hydrogen) atoms. The number of morpholine rings is 1. The van der Waals surface area contributed by atoms with E-state index in [9.17, 15) is 17.6 Å². The van der Waals surface area contributed by atoms with Crippen LogP contribution in [0, 0.1) is 5.82 Å². The van der Waals surface area contributed by atoms with Gasteiger partial charge in [-0.25, -0.2) is 12.8 Å².